The van der Waals surface area contributed by atoms with E-state index in [-0.39, 0.29) is 19.3 Å². The van der Waals surface area contributed by atoms with Gasteiger partial charge in [0, 0.05) is 24.7 Å². The monoisotopic (exact) mass is 430 g/mol. The van der Waals surface area contributed by atoms with Crippen LogP contribution in [-0.2, 0) is 27.2 Å². The second-order valence-corrected chi connectivity index (χ2v) is 7.37. The van der Waals surface area contributed by atoms with Crippen LogP contribution >= 0.6 is 0 Å². The number of unbranched alkanes of at least 4 members (excludes halogenated alkanes) is 1. The summed E-state index contributed by atoms with van der Waals surface area (Å²) in [7, 11) is 0. The van der Waals surface area contributed by atoms with Gasteiger partial charge in [-0.25, -0.2) is 9.78 Å². The van der Waals surface area contributed by atoms with E-state index in [1.54, 1.807) is 30.3 Å². The normalized spacial score (nSPS) is 13.9. The Hall–Kier alpha value is -3.08. The highest BCUT2D eigenvalue weighted by Gasteiger charge is 2.39. The van der Waals surface area contributed by atoms with Crippen molar-refractivity contribution in [1.29, 1.82) is 0 Å². The number of imidazole rings is 1. The van der Waals surface area contributed by atoms with Crippen molar-refractivity contribution in [3.63, 3.8) is 0 Å². The van der Waals surface area contributed by atoms with E-state index >= 15 is 0 Å². The number of carboxylic acid groups (broad SMARTS) is 1. The van der Waals surface area contributed by atoms with Crippen LogP contribution in [0.4, 0.5) is 0 Å². The molecule has 2 rings (SSSR count). The molecule has 2 amide bonds. The zero-order valence-electron chi connectivity index (χ0n) is 17.3. The summed E-state index contributed by atoms with van der Waals surface area (Å²) in [5.41, 5.74) is 18.8. The summed E-state index contributed by atoms with van der Waals surface area (Å²) in [6.45, 7) is 0.449. The molecule has 0 fully saturated rings. The van der Waals surface area contributed by atoms with Gasteiger partial charge in [-0.15, -0.1) is 0 Å². The first-order valence-corrected chi connectivity index (χ1v) is 10.2. The van der Waals surface area contributed by atoms with Crippen LogP contribution in [0.25, 0.3) is 0 Å². The molecule has 31 heavy (non-hydrogen) atoms. The molecule has 0 saturated carbocycles. The van der Waals surface area contributed by atoms with Crippen LogP contribution < -0.4 is 17.2 Å². The third-order valence-electron chi connectivity index (χ3n) is 4.94. The van der Waals surface area contributed by atoms with Gasteiger partial charge in [-0.3, -0.25) is 14.5 Å². The molecule has 168 valence electrons. The van der Waals surface area contributed by atoms with E-state index in [0.717, 1.165) is 4.90 Å². The summed E-state index contributed by atoms with van der Waals surface area (Å²) in [6.07, 6.45) is 4.51. The van der Waals surface area contributed by atoms with Gasteiger partial charge < -0.3 is 27.3 Å². The number of nitrogens with two attached hydrogens (primary N) is 3. The van der Waals surface area contributed by atoms with Crippen molar-refractivity contribution in [2.24, 2.45) is 17.2 Å². The predicted molar refractivity (Wildman–Crippen MR) is 115 cm³/mol. The maximum Gasteiger partial charge on any atom is 0.327 e. The Balaban J connectivity index is 2.30. The highest BCUT2D eigenvalue weighted by molar-refractivity contribution is 6.03. The highest BCUT2D eigenvalue weighted by Crippen LogP contribution is 2.15. The molecule has 1 aromatic carbocycles. The molecule has 10 heteroatoms. The molecule has 1 aromatic heterocycles. The average molecular weight is 431 g/mol. The van der Waals surface area contributed by atoms with E-state index in [9.17, 15) is 19.5 Å². The number of nitrogens with zero attached hydrogens (tertiary/aromatic N) is 2. The number of benzene rings is 1. The van der Waals surface area contributed by atoms with Crippen LogP contribution in [-0.4, -0.2) is 62.4 Å². The molecule has 0 radical (unpaired) electrons. The third kappa shape index (κ3) is 6.99. The Morgan fingerprint density at radius 3 is 2.29 bits per heavy atom. The summed E-state index contributed by atoms with van der Waals surface area (Å²) in [5, 5.41) is 9.88. The summed E-state index contributed by atoms with van der Waals surface area (Å²) in [5.74, 6) is -2.86. The Morgan fingerprint density at radius 1 is 1.03 bits per heavy atom. The lowest BCUT2D eigenvalue weighted by Crippen LogP contribution is -2.59. The standard InChI is InChI=1S/C21H30N6O4/c22-9-5-4-8-16(23)19(28)27(20(29)17(24)11-15-12-25-13-26-15)18(21(30)31)10-14-6-2-1-3-7-14/h1-3,6-7,12-13,16-18H,4-5,8-11,22-24H2,(H,25,26)(H,30,31)/t16?,17?,18-/m0/s1. The van der Waals surface area contributed by atoms with Crippen LogP contribution in [0.1, 0.15) is 30.5 Å². The van der Waals surface area contributed by atoms with Gasteiger partial charge in [0.2, 0.25) is 11.8 Å². The fraction of sp³-hybridized carbons (Fsp3) is 0.429. The molecule has 3 atom stereocenters. The van der Waals surface area contributed by atoms with Crippen LogP contribution in [0, 0.1) is 0 Å². The summed E-state index contributed by atoms with van der Waals surface area (Å²) >= 11 is 0. The molecule has 8 N–H and O–H groups in total. The van der Waals surface area contributed by atoms with Gasteiger partial charge in [-0.1, -0.05) is 36.8 Å². The van der Waals surface area contributed by atoms with E-state index in [2.05, 4.69) is 9.97 Å². The minimum atomic E-state index is -1.43. The Kier molecular flexibility index (Phi) is 9.32. The predicted octanol–water partition coefficient (Wildman–Crippen LogP) is -0.213. The molecule has 1 heterocycles. The topological polar surface area (TPSA) is 181 Å². The van der Waals surface area contributed by atoms with Gasteiger partial charge in [0.15, 0.2) is 0 Å². The lowest BCUT2D eigenvalue weighted by molar-refractivity contribution is -0.159. The van der Waals surface area contributed by atoms with Gasteiger partial charge >= 0.3 is 5.97 Å². The molecule has 0 saturated heterocycles. The van der Waals surface area contributed by atoms with Gasteiger partial charge in [-0.2, -0.15) is 0 Å². The number of aromatic nitrogens is 2. The summed E-state index contributed by atoms with van der Waals surface area (Å²) in [4.78, 5) is 45.9. The Bertz CT molecular complexity index is 843. The number of aliphatic carboxylic acids is 1. The van der Waals surface area contributed by atoms with Gasteiger partial charge in [0.05, 0.1) is 18.4 Å². The molecule has 0 aliphatic heterocycles. The van der Waals surface area contributed by atoms with Crippen molar-refractivity contribution in [3.8, 4) is 0 Å². The number of H-pyrrole nitrogens is 1. The number of rotatable bonds is 12. The van der Waals surface area contributed by atoms with E-state index in [1.165, 1.54) is 12.5 Å². The summed E-state index contributed by atoms with van der Waals surface area (Å²) < 4.78 is 0. The van der Waals surface area contributed by atoms with Crippen LogP contribution in [0.3, 0.4) is 0 Å². The molecule has 0 aliphatic carbocycles. The Morgan fingerprint density at radius 2 is 1.71 bits per heavy atom. The number of carbonyl (C=O) groups excluding carboxylic acids is 2. The average Bonchev–Trinajstić information content (AvgIpc) is 3.26. The minimum absolute atomic E-state index is 0.0556. The molecule has 0 aliphatic rings. The van der Waals surface area contributed by atoms with Crippen molar-refractivity contribution in [2.45, 2.75) is 50.2 Å². The van der Waals surface area contributed by atoms with Crippen molar-refractivity contribution in [2.75, 3.05) is 6.54 Å². The maximum absolute atomic E-state index is 13.2. The SMILES string of the molecule is NCCCCC(N)C(=O)N(C(=O)C(N)Cc1cnc[nH]1)[C@@H](Cc1ccccc1)C(=O)O. The number of nitrogens with one attached hydrogen (secondary N) is 1. The number of aromatic amines is 1. The number of hydrogen-bond acceptors (Lipinski definition) is 7. The molecular formula is C21H30N6O4. The van der Waals surface area contributed by atoms with Gasteiger partial charge in [0.25, 0.3) is 0 Å². The third-order valence-corrected chi connectivity index (χ3v) is 4.94. The van der Waals surface area contributed by atoms with Gasteiger partial charge in [0.1, 0.15) is 6.04 Å². The largest absolute Gasteiger partial charge is 0.480 e. The maximum atomic E-state index is 13.2. The number of hydrogen-bond donors (Lipinski definition) is 5. The summed E-state index contributed by atoms with van der Waals surface area (Å²) in [6, 6.07) is 5.15. The van der Waals surface area contributed by atoms with Gasteiger partial charge in [-0.05, 0) is 24.9 Å². The highest BCUT2D eigenvalue weighted by atomic mass is 16.4. The molecule has 0 spiro atoms. The number of amides is 2. The first-order chi connectivity index (χ1) is 14.8. The fourth-order valence-electron chi connectivity index (χ4n) is 3.25. The van der Waals surface area contributed by atoms with Crippen LogP contribution in [0.5, 0.6) is 0 Å². The quantitative estimate of drug-likeness (QED) is 0.287. The minimum Gasteiger partial charge on any atom is -0.480 e. The second kappa shape index (κ2) is 11.9. The number of imide groups is 1. The van der Waals surface area contributed by atoms with Crippen LogP contribution in [0.15, 0.2) is 42.9 Å². The zero-order chi connectivity index (χ0) is 22.8. The lowest BCUT2D eigenvalue weighted by Gasteiger charge is -2.31. The second-order valence-electron chi connectivity index (χ2n) is 7.37. The van der Waals surface area contributed by atoms with E-state index < -0.39 is 35.9 Å². The molecule has 2 unspecified atom stereocenters. The van der Waals surface area contributed by atoms with Crippen molar-refractivity contribution in [1.82, 2.24) is 14.9 Å². The molecular weight excluding hydrogens is 400 g/mol. The van der Waals surface area contributed by atoms with Crippen molar-refractivity contribution in [3.05, 3.63) is 54.1 Å². The van der Waals surface area contributed by atoms with E-state index in [0.29, 0.717) is 30.6 Å². The molecule has 2 aromatic rings. The fourth-order valence-corrected chi connectivity index (χ4v) is 3.25. The lowest BCUT2D eigenvalue weighted by atomic mass is 10.0. The van der Waals surface area contributed by atoms with Crippen LogP contribution in [0.2, 0.25) is 0 Å². The van der Waals surface area contributed by atoms with Crippen molar-refractivity contribution >= 4 is 17.8 Å². The molecule has 10 nitrogen and oxygen atoms in total. The zero-order valence-corrected chi connectivity index (χ0v) is 17.3. The molecule has 0 bridgehead atoms. The Labute approximate surface area is 180 Å². The smallest absolute Gasteiger partial charge is 0.327 e. The first-order valence-electron chi connectivity index (χ1n) is 10.2. The van der Waals surface area contributed by atoms with E-state index in [4.69, 9.17) is 17.2 Å². The first kappa shape index (κ1) is 24.2. The van der Waals surface area contributed by atoms with Crippen molar-refractivity contribution < 1.29 is 19.5 Å². The van der Waals surface area contributed by atoms with E-state index in [1.807, 2.05) is 0 Å². The number of carbonyl (C=O) groups is 3. The number of carboxylic acids is 1.